The predicted octanol–water partition coefficient (Wildman–Crippen LogP) is 5.41. The van der Waals surface area contributed by atoms with E-state index < -0.39 is 8.80 Å². The topological polar surface area (TPSA) is 0 Å². The summed E-state index contributed by atoms with van der Waals surface area (Å²) < 4.78 is 0. The Balaban J connectivity index is 2.12. The second-order valence-electron chi connectivity index (χ2n) is 6.08. The van der Waals surface area contributed by atoms with Gasteiger partial charge in [0.25, 0.3) is 0 Å². The average molecular weight is 278 g/mol. The molecule has 3 aromatic rings. The van der Waals surface area contributed by atoms with E-state index in [1.54, 1.807) is 5.56 Å². The van der Waals surface area contributed by atoms with Crippen molar-refractivity contribution >= 4 is 30.3 Å². The van der Waals surface area contributed by atoms with Gasteiger partial charge in [-0.15, -0.1) is 0 Å². The van der Waals surface area contributed by atoms with Crippen molar-refractivity contribution in [3.8, 4) is 0 Å². The molecule has 0 N–H and O–H groups in total. The first-order valence-electron chi connectivity index (χ1n) is 7.65. The zero-order valence-electron chi connectivity index (χ0n) is 12.4. The second-order valence-corrected chi connectivity index (χ2v) is 9.45. The highest BCUT2D eigenvalue weighted by atomic mass is 28.3. The highest BCUT2D eigenvalue weighted by molar-refractivity contribution is 6.55. The normalized spacial score (nSPS) is 11.6. The molecular weight excluding hydrogens is 256 g/mol. The van der Waals surface area contributed by atoms with Crippen LogP contribution >= 0.6 is 0 Å². The Bertz CT molecular complexity index is 674. The van der Waals surface area contributed by atoms with E-state index in [1.165, 1.54) is 40.4 Å². The summed E-state index contributed by atoms with van der Waals surface area (Å²) in [4.78, 5) is 0. The zero-order valence-corrected chi connectivity index (χ0v) is 13.5. The van der Waals surface area contributed by atoms with Gasteiger partial charge in [0.1, 0.15) is 0 Å². The second kappa shape index (κ2) is 5.80. The molecule has 0 aliphatic carbocycles. The van der Waals surface area contributed by atoms with Crippen LogP contribution in [0.15, 0.2) is 54.6 Å². The first-order chi connectivity index (χ1) is 9.75. The smallest absolute Gasteiger partial charge is 0.0305 e. The molecule has 0 nitrogen and oxygen atoms in total. The first kappa shape index (κ1) is 13.4. The number of fused-ring (bicyclic) bond motifs is 2. The summed E-state index contributed by atoms with van der Waals surface area (Å²) in [6, 6.07) is 21.4. The number of rotatable bonds is 4. The minimum absolute atomic E-state index is 0.436. The Morgan fingerprint density at radius 1 is 0.800 bits per heavy atom. The van der Waals surface area contributed by atoms with Crippen LogP contribution in [0.1, 0.15) is 12.0 Å². The minimum atomic E-state index is -0.436. The third-order valence-corrected chi connectivity index (χ3v) is 5.65. The van der Waals surface area contributed by atoms with Gasteiger partial charge in [-0.2, -0.15) is 0 Å². The van der Waals surface area contributed by atoms with Gasteiger partial charge in [-0.3, -0.25) is 0 Å². The largest absolute Gasteiger partial charge is 0.0722 e. The Labute approximate surface area is 123 Å². The van der Waals surface area contributed by atoms with Crippen molar-refractivity contribution < 1.29 is 0 Å². The molecule has 0 bridgehead atoms. The summed E-state index contributed by atoms with van der Waals surface area (Å²) in [6.07, 6.45) is 2.55. The molecule has 0 heterocycles. The number of hydrogen-bond donors (Lipinski definition) is 0. The van der Waals surface area contributed by atoms with Crippen LogP contribution in [-0.4, -0.2) is 8.80 Å². The minimum Gasteiger partial charge on any atom is -0.0722 e. The van der Waals surface area contributed by atoms with Crippen molar-refractivity contribution in [2.24, 2.45) is 0 Å². The number of benzene rings is 3. The molecule has 3 aromatic carbocycles. The van der Waals surface area contributed by atoms with E-state index in [-0.39, 0.29) is 0 Å². The van der Waals surface area contributed by atoms with Crippen LogP contribution in [-0.2, 0) is 6.42 Å². The lowest BCUT2D eigenvalue weighted by Gasteiger charge is -2.12. The van der Waals surface area contributed by atoms with E-state index in [0.29, 0.717) is 0 Å². The van der Waals surface area contributed by atoms with Crippen LogP contribution < -0.4 is 0 Å². The Morgan fingerprint density at radius 3 is 1.90 bits per heavy atom. The number of aryl methyl sites for hydroxylation is 1. The van der Waals surface area contributed by atoms with Crippen LogP contribution in [0.3, 0.4) is 0 Å². The number of hydrogen-bond acceptors (Lipinski definition) is 0. The first-order valence-corrected chi connectivity index (χ1v) is 10.8. The van der Waals surface area contributed by atoms with E-state index in [2.05, 4.69) is 67.7 Å². The van der Waals surface area contributed by atoms with Crippen molar-refractivity contribution in [2.75, 3.05) is 0 Å². The van der Waals surface area contributed by atoms with E-state index >= 15 is 0 Å². The summed E-state index contributed by atoms with van der Waals surface area (Å²) in [5, 5.41) is 5.64. The molecule has 0 amide bonds. The SMILES string of the molecule is C[SiH](C)CCCc1c2ccccc2cc2ccccc12. The predicted molar refractivity (Wildman–Crippen MR) is 93.5 cm³/mol. The van der Waals surface area contributed by atoms with Crippen molar-refractivity contribution in [2.45, 2.75) is 32.0 Å². The lowest BCUT2D eigenvalue weighted by Crippen LogP contribution is -2.00. The van der Waals surface area contributed by atoms with Gasteiger partial charge in [0.15, 0.2) is 0 Å². The van der Waals surface area contributed by atoms with Crippen LogP contribution in [0.25, 0.3) is 21.5 Å². The molecule has 20 heavy (non-hydrogen) atoms. The van der Waals surface area contributed by atoms with Crippen LogP contribution in [0, 0.1) is 0 Å². The summed E-state index contributed by atoms with van der Waals surface area (Å²) in [7, 11) is -0.436. The van der Waals surface area contributed by atoms with Gasteiger partial charge < -0.3 is 0 Å². The molecule has 0 aromatic heterocycles. The van der Waals surface area contributed by atoms with Gasteiger partial charge in [0.05, 0.1) is 0 Å². The average Bonchev–Trinajstić information content (AvgIpc) is 2.46. The van der Waals surface area contributed by atoms with Gasteiger partial charge in [-0.25, -0.2) is 0 Å². The van der Waals surface area contributed by atoms with E-state index in [0.717, 1.165) is 0 Å². The van der Waals surface area contributed by atoms with E-state index in [4.69, 9.17) is 0 Å². The van der Waals surface area contributed by atoms with Gasteiger partial charge in [-0.1, -0.05) is 74.1 Å². The highest BCUT2D eigenvalue weighted by Crippen LogP contribution is 2.29. The molecule has 1 heteroatoms. The third kappa shape index (κ3) is 2.64. The maximum Gasteiger partial charge on any atom is 0.0305 e. The zero-order chi connectivity index (χ0) is 13.9. The monoisotopic (exact) mass is 278 g/mol. The fourth-order valence-electron chi connectivity index (χ4n) is 3.06. The van der Waals surface area contributed by atoms with Crippen LogP contribution in [0.5, 0.6) is 0 Å². The van der Waals surface area contributed by atoms with Crippen LogP contribution in [0.4, 0.5) is 0 Å². The molecule has 0 saturated heterocycles. The lowest BCUT2D eigenvalue weighted by molar-refractivity contribution is 0.923. The molecule has 0 saturated carbocycles. The summed E-state index contributed by atoms with van der Waals surface area (Å²) in [6.45, 7) is 4.89. The molecule has 102 valence electrons. The maximum atomic E-state index is 2.45. The standard InChI is InChI=1S/C19H22Si/c1-20(2)13-7-12-19-17-10-5-3-8-15(17)14-16-9-4-6-11-18(16)19/h3-6,8-11,14,20H,7,12-13H2,1-2H3. The maximum absolute atomic E-state index is 2.45. The summed E-state index contributed by atoms with van der Waals surface area (Å²) in [5.41, 5.74) is 1.55. The van der Waals surface area contributed by atoms with Crippen molar-refractivity contribution in [1.82, 2.24) is 0 Å². The fourth-order valence-corrected chi connectivity index (χ4v) is 4.09. The van der Waals surface area contributed by atoms with Crippen LogP contribution in [0.2, 0.25) is 19.1 Å². The van der Waals surface area contributed by atoms with E-state index in [1.807, 2.05) is 0 Å². The molecule has 0 aliphatic rings. The van der Waals surface area contributed by atoms with Gasteiger partial charge in [0.2, 0.25) is 0 Å². The lowest BCUT2D eigenvalue weighted by atomic mass is 9.94. The Kier molecular flexibility index (Phi) is 3.88. The van der Waals surface area contributed by atoms with Gasteiger partial charge in [0, 0.05) is 8.80 Å². The fraction of sp³-hybridized carbons (Fsp3) is 0.263. The molecule has 0 spiro atoms. The summed E-state index contributed by atoms with van der Waals surface area (Å²) in [5.74, 6) is 0. The van der Waals surface area contributed by atoms with E-state index in [9.17, 15) is 0 Å². The Hall–Kier alpha value is -1.60. The molecule has 3 rings (SSSR count). The van der Waals surface area contributed by atoms with Crippen molar-refractivity contribution in [3.63, 3.8) is 0 Å². The Morgan fingerprint density at radius 2 is 1.35 bits per heavy atom. The van der Waals surface area contributed by atoms with Gasteiger partial charge >= 0.3 is 0 Å². The van der Waals surface area contributed by atoms with Crippen molar-refractivity contribution in [3.05, 3.63) is 60.2 Å². The van der Waals surface area contributed by atoms with Gasteiger partial charge in [-0.05, 0) is 39.6 Å². The molecule has 0 atom stereocenters. The molecule has 0 unspecified atom stereocenters. The molecule has 0 radical (unpaired) electrons. The molecule has 0 fully saturated rings. The highest BCUT2D eigenvalue weighted by Gasteiger charge is 2.07. The molecule has 0 aliphatic heterocycles. The summed E-state index contributed by atoms with van der Waals surface area (Å²) >= 11 is 0. The van der Waals surface area contributed by atoms with Crippen molar-refractivity contribution in [1.29, 1.82) is 0 Å². The third-order valence-electron chi connectivity index (χ3n) is 4.09. The molecular formula is C19H22Si. The quantitative estimate of drug-likeness (QED) is 0.442.